The minimum Gasteiger partial charge on any atom is -0.462 e. The van der Waals surface area contributed by atoms with Crippen LogP contribution in [0.15, 0.2) is 12.2 Å². The highest BCUT2D eigenvalue weighted by Gasteiger charge is 2.16. The van der Waals surface area contributed by atoms with E-state index in [4.69, 9.17) is 4.74 Å². The van der Waals surface area contributed by atoms with Crippen molar-refractivity contribution >= 4 is 5.97 Å². The van der Waals surface area contributed by atoms with E-state index in [2.05, 4.69) is 27.4 Å². The molecule has 0 atom stereocenters. The molecule has 2 nitrogen and oxygen atoms in total. The molecule has 0 saturated heterocycles. The van der Waals surface area contributed by atoms with Crippen molar-refractivity contribution in [2.24, 2.45) is 5.41 Å². The Morgan fingerprint density at radius 2 is 1.29 bits per heavy atom. The van der Waals surface area contributed by atoms with Crippen LogP contribution in [0.2, 0.25) is 0 Å². The van der Waals surface area contributed by atoms with Crippen LogP contribution in [-0.2, 0) is 9.53 Å². The molecule has 0 aromatic heterocycles. The van der Waals surface area contributed by atoms with Crippen LogP contribution in [0.1, 0.15) is 111 Å². The van der Waals surface area contributed by atoms with Gasteiger partial charge in [-0.3, -0.25) is 0 Å². The Kier molecular flexibility index (Phi) is 14.1. The Morgan fingerprint density at radius 3 is 1.79 bits per heavy atom. The number of unbranched alkanes of at least 4 members (excludes halogenated alkanes) is 9. The molecule has 24 heavy (non-hydrogen) atoms. The number of esters is 1. The van der Waals surface area contributed by atoms with Gasteiger partial charge < -0.3 is 4.74 Å². The first kappa shape index (κ1) is 23.2. The summed E-state index contributed by atoms with van der Waals surface area (Å²) in [5.41, 5.74) is 1.02. The molecule has 2 heteroatoms. The van der Waals surface area contributed by atoms with E-state index in [0.29, 0.717) is 17.6 Å². The number of ether oxygens (including phenoxy) is 1. The fourth-order valence-corrected chi connectivity index (χ4v) is 3.03. The summed E-state index contributed by atoms with van der Waals surface area (Å²) in [5, 5.41) is 0. The third-order valence-electron chi connectivity index (χ3n) is 4.79. The number of carbonyl (C=O) groups excluding carboxylic acids is 1. The van der Waals surface area contributed by atoms with Gasteiger partial charge in [-0.15, -0.1) is 0 Å². The molecule has 0 radical (unpaired) electrons. The maximum Gasteiger partial charge on any atom is 0.333 e. The lowest BCUT2D eigenvalue weighted by Crippen LogP contribution is -2.11. The second kappa shape index (κ2) is 14.5. The van der Waals surface area contributed by atoms with Gasteiger partial charge in [-0.1, -0.05) is 91.6 Å². The van der Waals surface area contributed by atoms with Crippen LogP contribution in [0.4, 0.5) is 0 Å². The third kappa shape index (κ3) is 14.8. The quantitative estimate of drug-likeness (QED) is 0.169. The Balaban J connectivity index is 3.37. The van der Waals surface area contributed by atoms with Crippen LogP contribution >= 0.6 is 0 Å². The highest BCUT2D eigenvalue weighted by molar-refractivity contribution is 5.86. The SMILES string of the molecule is C=C(C)C(=O)OCCCCCCCCCC(C)(C)CCCCCC. The fraction of sp³-hybridized carbons (Fsp3) is 0.864. The van der Waals surface area contributed by atoms with E-state index in [1.54, 1.807) is 6.92 Å². The molecule has 0 aromatic carbocycles. The highest BCUT2D eigenvalue weighted by Crippen LogP contribution is 2.30. The van der Waals surface area contributed by atoms with E-state index < -0.39 is 0 Å². The lowest BCUT2D eigenvalue weighted by molar-refractivity contribution is -0.139. The molecule has 0 aliphatic rings. The summed E-state index contributed by atoms with van der Waals surface area (Å²) in [6, 6.07) is 0. The number of rotatable bonds is 16. The molecule has 0 saturated carbocycles. The summed E-state index contributed by atoms with van der Waals surface area (Å²) in [5.74, 6) is -0.257. The van der Waals surface area contributed by atoms with Crippen molar-refractivity contribution in [2.75, 3.05) is 6.61 Å². The van der Waals surface area contributed by atoms with Crippen molar-refractivity contribution < 1.29 is 9.53 Å². The lowest BCUT2D eigenvalue weighted by atomic mass is 9.82. The van der Waals surface area contributed by atoms with Gasteiger partial charge in [0.05, 0.1) is 6.61 Å². The summed E-state index contributed by atoms with van der Waals surface area (Å²) in [7, 11) is 0. The summed E-state index contributed by atoms with van der Waals surface area (Å²) in [6.45, 7) is 13.0. The summed E-state index contributed by atoms with van der Waals surface area (Å²) in [6.07, 6.45) is 17.1. The molecule has 0 amide bonds. The molecule has 0 fully saturated rings. The molecule has 142 valence electrons. The Morgan fingerprint density at radius 1 is 0.833 bits per heavy atom. The summed E-state index contributed by atoms with van der Waals surface area (Å²) >= 11 is 0. The average Bonchev–Trinajstić information content (AvgIpc) is 2.53. The van der Waals surface area contributed by atoms with Crippen molar-refractivity contribution in [1.82, 2.24) is 0 Å². The lowest BCUT2D eigenvalue weighted by Gasteiger charge is -2.24. The van der Waals surface area contributed by atoms with Gasteiger partial charge in [-0.25, -0.2) is 4.79 Å². The molecule has 0 aliphatic carbocycles. The van der Waals surface area contributed by atoms with Gasteiger partial charge in [0.1, 0.15) is 0 Å². The van der Waals surface area contributed by atoms with E-state index >= 15 is 0 Å². The van der Waals surface area contributed by atoms with Crippen molar-refractivity contribution in [3.63, 3.8) is 0 Å². The first-order valence-corrected chi connectivity index (χ1v) is 10.2. The topological polar surface area (TPSA) is 26.3 Å². The van der Waals surface area contributed by atoms with Crippen LogP contribution < -0.4 is 0 Å². The minimum atomic E-state index is -0.257. The molecular weight excluding hydrogens is 296 g/mol. The predicted octanol–water partition coefficient (Wildman–Crippen LogP) is 7.22. The first-order valence-electron chi connectivity index (χ1n) is 10.2. The molecule has 0 rings (SSSR count). The average molecular weight is 339 g/mol. The number of hydrogen-bond donors (Lipinski definition) is 0. The van der Waals surface area contributed by atoms with Crippen molar-refractivity contribution in [3.8, 4) is 0 Å². The van der Waals surface area contributed by atoms with Gasteiger partial charge in [0.2, 0.25) is 0 Å². The molecular formula is C22H42O2. The molecule has 0 N–H and O–H groups in total. The minimum absolute atomic E-state index is 0.257. The maximum absolute atomic E-state index is 11.2. The van der Waals surface area contributed by atoms with E-state index in [0.717, 1.165) is 12.8 Å². The van der Waals surface area contributed by atoms with Crippen molar-refractivity contribution in [2.45, 2.75) is 111 Å². The van der Waals surface area contributed by atoms with Crippen molar-refractivity contribution in [1.29, 1.82) is 0 Å². The predicted molar refractivity (Wildman–Crippen MR) is 105 cm³/mol. The molecule has 0 heterocycles. The number of carbonyl (C=O) groups is 1. The van der Waals surface area contributed by atoms with Gasteiger partial charge in [-0.2, -0.15) is 0 Å². The molecule has 0 aliphatic heterocycles. The van der Waals surface area contributed by atoms with Gasteiger partial charge in [0.25, 0.3) is 0 Å². The van der Waals surface area contributed by atoms with Crippen LogP contribution in [0, 0.1) is 5.41 Å². The summed E-state index contributed by atoms with van der Waals surface area (Å²) in [4.78, 5) is 11.2. The van der Waals surface area contributed by atoms with Gasteiger partial charge >= 0.3 is 5.97 Å². The monoisotopic (exact) mass is 338 g/mol. The Labute approximate surface area is 151 Å². The first-order chi connectivity index (χ1) is 11.4. The standard InChI is InChI=1S/C22H42O2/c1-6-7-8-14-17-22(4,5)18-15-12-10-9-11-13-16-19-24-21(23)20(2)3/h2,6-19H2,1,3-5H3. The molecule has 0 aromatic rings. The normalized spacial score (nSPS) is 11.5. The zero-order valence-corrected chi connectivity index (χ0v) is 16.9. The van der Waals surface area contributed by atoms with Crippen LogP contribution in [-0.4, -0.2) is 12.6 Å². The van der Waals surface area contributed by atoms with Crippen LogP contribution in [0.5, 0.6) is 0 Å². The van der Waals surface area contributed by atoms with E-state index in [1.165, 1.54) is 70.6 Å². The summed E-state index contributed by atoms with van der Waals surface area (Å²) < 4.78 is 5.09. The smallest absolute Gasteiger partial charge is 0.333 e. The third-order valence-corrected chi connectivity index (χ3v) is 4.79. The van der Waals surface area contributed by atoms with Crippen molar-refractivity contribution in [3.05, 3.63) is 12.2 Å². The zero-order valence-electron chi connectivity index (χ0n) is 16.9. The van der Waals surface area contributed by atoms with E-state index in [-0.39, 0.29) is 5.97 Å². The second-order valence-corrected chi connectivity index (χ2v) is 8.12. The molecule has 0 spiro atoms. The number of hydrogen-bond acceptors (Lipinski definition) is 2. The maximum atomic E-state index is 11.2. The largest absolute Gasteiger partial charge is 0.462 e. The van der Waals surface area contributed by atoms with Crippen LogP contribution in [0.3, 0.4) is 0 Å². The van der Waals surface area contributed by atoms with Gasteiger partial charge in [0.15, 0.2) is 0 Å². The molecule has 0 unspecified atom stereocenters. The highest BCUT2D eigenvalue weighted by atomic mass is 16.5. The zero-order chi connectivity index (χ0) is 18.3. The van der Waals surface area contributed by atoms with Gasteiger partial charge in [0, 0.05) is 5.57 Å². The molecule has 0 bridgehead atoms. The Bertz CT molecular complexity index is 331. The van der Waals surface area contributed by atoms with Gasteiger partial charge in [-0.05, 0) is 31.6 Å². The van der Waals surface area contributed by atoms with E-state index in [1.807, 2.05) is 0 Å². The second-order valence-electron chi connectivity index (χ2n) is 8.12. The fourth-order valence-electron chi connectivity index (χ4n) is 3.03. The van der Waals surface area contributed by atoms with Crippen LogP contribution in [0.25, 0.3) is 0 Å². The van der Waals surface area contributed by atoms with E-state index in [9.17, 15) is 4.79 Å². The Hall–Kier alpha value is -0.790.